The summed E-state index contributed by atoms with van der Waals surface area (Å²) < 4.78 is 1.32. The van der Waals surface area contributed by atoms with E-state index in [1.807, 2.05) is 6.07 Å². The summed E-state index contributed by atoms with van der Waals surface area (Å²) in [7, 11) is 1.55. The highest BCUT2D eigenvalue weighted by molar-refractivity contribution is 6.42. The standard InChI is InChI=1S/C19H16Cl2N2O3/c1-23-15-5-3-2-4-12(15)16(17(24)19(23)26)18(25)22-9-8-11-6-7-13(20)14(21)10-11/h2-7,10,24H,8-9H2,1H3,(H,22,25). The van der Waals surface area contributed by atoms with Crippen LogP contribution in [0.5, 0.6) is 5.75 Å². The third-order valence-electron chi connectivity index (χ3n) is 4.19. The van der Waals surface area contributed by atoms with Crippen LogP contribution in [0.25, 0.3) is 10.9 Å². The van der Waals surface area contributed by atoms with Crippen molar-refractivity contribution in [1.82, 2.24) is 9.88 Å². The maximum absolute atomic E-state index is 12.6. The Morgan fingerprint density at radius 3 is 2.62 bits per heavy atom. The van der Waals surface area contributed by atoms with Gasteiger partial charge in [-0.3, -0.25) is 9.59 Å². The van der Waals surface area contributed by atoms with Gasteiger partial charge in [-0.25, -0.2) is 0 Å². The van der Waals surface area contributed by atoms with Crippen molar-refractivity contribution < 1.29 is 9.90 Å². The fraction of sp³-hybridized carbons (Fsp3) is 0.158. The number of aryl methyl sites for hydroxylation is 1. The monoisotopic (exact) mass is 390 g/mol. The SMILES string of the molecule is Cn1c(=O)c(O)c(C(=O)NCCc2ccc(Cl)c(Cl)c2)c2ccccc21. The Balaban J connectivity index is 1.84. The number of para-hydroxylation sites is 1. The van der Waals surface area contributed by atoms with Crippen LogP contribution in [0.2, 0.25) is 10.0 Å². The van der Waals surface area contributed by atoms with Gasteiger partial charge < -0.3 is 15.0 Å². The second-order valence-electron chi connectivity index (χ2n) is 5.86. The zero-order valence-corrected chi connectivity index (χ0v) is 15.4. The number of benzene rings is 2. The zero-order chi connectivity index (χ0) is 18.8. The summed E-state index contributed by atoms with van der Waals surface area (Å²) in [6, 6.07) is 12.2. The summed E-state index contributed by atoms with van der Waals surface area (Å²) in [5, 5.41) is 14.4. The number of aromatic nitrogens is 1. The zero-order valence-electron chi connectivity index (χ0n) is 13.9. The van der Waals surface area contributed by atoms with Gasteiger partial charge in [0.05, 0.1) is 21.1 Å². The van der Waals surface area contributed by atoms with Gasteiger partial charge in [0.25, 0.3) is 11.5 Å². The van der Waals surface area contributed by atoms with Gasteiger partial charge in [0, 0.05) is 19.0 Å². The van der Waals surface area contributed by atoms with Gasteiger partial charge in [-0.05, 0) is 30.2 Å². The Morgan fingerprint density at radius 1 is 1.15 bits per heavy atom. The van der Waals surface area contributed by atoms with E-state index < -0.39 is 17.2 Å². The minimum Gasteiger partial charge on any atom is -0.502 e. The first-order valence-corrected chi connectivity index (χ1v) is 8.68. The van der Waals surface area contributed by atoms with E-state index in [1.165, 1.54) is 4.57 Å². The molecule has 3 rings (SSSR count). The molecule has 7 heteroatoms. The molecule has 1 aromatic heterocycles. The van der Waals surface area contributed by atoms with Crippen molar-refractivity contribution in [3.05, 3.63) is 74.0 Å². The molecule has 0 bridgehead atoms. The number of rotatable bonds is 4. The first kappa shape index (κ1) is 18.3. The van der Waals surface area contributed by atoms with Crippen LogP contribution in [-0.4, -0.2) is 22.1 Å². The van der Waals surface area contributed by atoms with Gasteiger partial charge in [0.1, 0.15) is 0 Å². The van der Waals surface area contributed by atoms with E-state index >= 15 is 0 Å². The maximum Gasteiger partial charge on any atom is 0.293 e. The molecule has 0 aliphatic rings. The first-order chi connectivity index (χ1) is 12.4. The number of amides is 1. The molecule has 0 spiro atoms. The van der Waals surface area contributed by atoms with Crippen molar-refractivity contribution in [3.8, 4) is 5.75 Å². The van der Waals surface area contributed by atoms with Crippen molar-refractivity contribution in [2.45, 2.75) is 6.42 Å². The van der Waals surface area contributed by atoms with Crippen LogP contribution in [0.1, 0.15) is 15.9 Å². The van der Waals surface area contributed by atoms with Crippen LogP contribution in [-0.2, 0) is 13.5 Å². The minimum atomic E-state index is -0.613. The van der Waals surface area contributed by atoms with Crippen LogP contribution in [0.4, 0.5) is 0 Å². The third kappa shape index (κ3) is 3.41. The number of nitrogens with one attached hydrogen (secondary N) is 1. The van der Waals surface area contributed by atoms with Gasteiger partial charge in [-0.1, -0.05) is 47.5 Å². The van der Waals surface area contributed by atoms with E-state index in [0.29, 0.717) is 33.9 Å². The summed E-state index contributed by atoms with van der Waals surface area (Å²) in [6.07, 6.45) is 0.534. The molecule has 5 nitrogen and oxygen atoms in total. The number of nitrogens with zero attached hydrogens (tertiary/aromatic N) is 1. The summed E-state index contributed by atoms with van der Waals surface area (Å²) in [5.41, 5.74) is 0.860. The Kier molecular flexibility index (Phi) is 5.20. The molecule has 0 fully saturated rings. The number of carbonyl (C=O) groups excluding carboxylic acids is 1. The van der Waals surface area contributed by atoms with Gasteiger partial charge >= 0.3 is 0 Å². The first-order valence-electron chi connectivity index (χ1n) is 7.93. The molecule has 1 amide bonds. The average molecular weight is 391 g/mol. The lowest BCUT2D eigenvalue weighted by Gasteiger charge is -2.12. The van der Waals surface area contributed by atoms with Crippen molar-refractivity contribution in [3.63, 3.8) is 0 Å². The molecule has 0 saturated heterocycles. The highest BCUT2D eigenvalue weighted by Crippen LogP contribution is 2.24. The molecular weight excluding hydrogens is 375 g/mol. The van der Waals surface area contributed by atoms with Crippen LogP contribution >= 0.6 is 23.2 Å². The maximum atomic E-state index is 12.6. The Hall–Kier alpha value is -2.50. The smallest absolute Gasteiger partial charge is 0.293 e. The van der Waals surface area contributed by atoms with E-state index in [9.17, 15) is 14.7 Å². The summed E-state index contributed by atoms with van der Waals surface area (Å²) in [4.78, 5) is 24.8. The quantitative estimate of drug-likeness (QED) is 0.715. The fourth-order valence-corrected chi connectivity index (χ4v) is 3.13. The number of carbonyl (C=O) groups is 1. The number of fused-ring (bicyclic) bond motifs is 1. The van der Waals surface area contributed by atoms with E-state index in [2.05, 4.69) is 5.32 Å². The third-order valence-corrected chi connectivity index (χ3v) is 4.93. The number of aromatic hydroxyl groups is 1. The van der Waals surface area contributed by atoms with E-state index in [1.54, 1.807) is 43.4 Å². The molecule has 2 N–H and O–H groups in total. The number of halogens is 2. The lowest BCUT2D eigenvalue weighted by atomic mass is 10.1. The molecule has 1 heterocycles. The highest BCUT2D eigenvalue weighted by atomic mass is 35.5. The van der Waals surface area contributed by atoms with Gasteiger partial charge in [0.2, 0.25) is 0 Å². The predicted octanol–water partition coefficient (Wildman–Crippen LogP) is 3.52. The molecule has 2 aromatic carbocycles. The molecule has 0 aliphatic carbocycles. The number of hydrogen-bond donors (Lipinski definition) is 2. The molecule has 3 aromatic rings. The molecule has 26 heavy (non-hydrogen) atoms. The second-order valence-corrected chi connectivity index (χ2v) is 6.67. The van der Waals surface area contributed by atoms with Gasteiger partial charge in [-0.2, -0.15) is 0 Å². The normalized spacial score (nSPS) is 10.9. The minimum absolute atomic E-state index is 0.0159. The number of pyridine rings is 1. The molecule has 0 radical (unpaired) electrons. The van der Waals surface area contributed by atoms with Crippen LogP contribution in [0, 0.1) is 0 Å². The largest absolute Gasteiger partial charge is 0.502 e. The number of hydrogen-bond acceptors (Lipinski definition) is 3. The Labute approximate surface area is 159 Å². The Morgan fingerprint density at radius 2 is 1.88 bits per heavy atom. The molecule has 0 atom stereocenters. The summed E-state index contributed by atoms with van der Waals surface area (Å²) in [6.45, 7) is 0.319. The van der Waals surface area contributed by atoms with E-state index in [4.69, 9.17) is 23.2 Å². The van der Waals surface area contributed by atoms with Crippen molar-refractivity contribution in [2.24, 2.45) is 7.05 Å². The van der Waals surface area contributed by atoms with E-state index in [-0.39, 0.29) is 5.56 Å². The average Bonchev–Trinajstić information content (AvgIpc) is 2.63. The summed E-state index contributed by atoms with van der Waals surface area (Å²) >= 11 is 11.9. The highest BCUT2D eigenvalue weighted by Gasteiger charge is 2.20. The molecular formula is C19H16Cl2N2O3. The lowest BCUT2D eigenvalue weighted by Crippen LogP contribution is -2.29. The summed E-state index contributed by atoms with van der Waals surface area (Å²) in [5.74, 6) is -1.06. The van der Waals surface area contributed by atoms with Crippen LogP contribution in [0.3, 0.4) is 0 Å². The lowest BCUT2D eigenvalue weighted by molar-refractivity contribution is 0.0953. The van der Waals surface area contributed by atoms with Crippen molar-refractivity contribution in [2.75, 3.05) is 6.54 Å². The van der Waals surface area contributed by atoms with Crippen LogP contribution in [0.15, 0.2) is 47.3 Å². The topological polar surface area (TPSA) is 71.3 Å². The molecule has 0 aliphatic heterocycles. The van der Waals surface area contributed by atoms with Crippen molar-refractivity contribution >= 4 is 40.0 Å². The molecule has 0 unspecified atom stereocenters. The van der Waals surface area contributed by atoms with Crippen molar-refractivity contribution in [1.29, 1.82) is 0 Å². The second kappa shape index (κ2) is 7.40. The predicted molar refractivity (Wildman–Crippen MR) is 103 cm³/mol. The molecule has 134 valence electrons. The van der Waals surface area contributed by atoms with Gasteiger partial charge in [-0.15, -0.1) is 0 Å². The Bertz CT molecular complexity index is 1060. The van der Waals surface area contributed by atoms with Crippen LogP contribution < -0.4 is 10.9 Å². The molecule has 0 saturated carbocycles. The fourth-order valence-electron chi connectivity index (χ4n) is 2.81. The van der Waals surface area contributed by atoms with Gasteiger partial charge in [0.15, 0.2) is 5.75 Å². The van der Waals surface area contributed by atoms with E-state index in [0.717, 1.165) is 5.56 Å².